The summed E-state index contributed by atoms with van der Waals surface area (Å²) in [7, 11) is 1.82. The molecule has 5 rings (SSSR count). The number of halogens is 1. The fourth-order valence-electron chi connectivity index (χ4n) is 3.00. The Morgan fingerprint density at radius 3 is 2.89 bits per heavy atom. The maximum absolute atomic E-state index is 6.48. The van der Waals surface area contributed by atoms with Crippen LogP contribution in [0.2, 0.25) is 5.02 Å². The minimum absolute atomic E-state index is 0.536. The van der Waals surface area contributed by atoms with Crippen LogP contribution >= 0.6 is 11.6 Å². The summed E-state index contributed by atoms with van der Waals surface area (Å²) >= 11 is 6.48. The van der Waals surface area contributed by atoms with Gasteiger partial charge in [0.15, 0.2) is 17.3 Å². The molecule has 0 saturated carbocycles. The molecule has 9 heteroatoms. The van der Waals surface area contributed by atoms with Crippen LogP contribution in [0.3, 0.4) is 0 Å². The number of H-pyrrole nitrogens is 1. The second-order valence-corrected chi connectivity index (χ2v) is 6.50. The van der Waals surface area contributed by atoms with Crippen molar-refractivity contribution in [2.45, 2.75) is 0 Å². The molecule has 0 aliphatic carbocycles. The lowest BCUT2D eigenvalue weighted by Gasteiger charge is -2.18. The Kier molecular flexibility index (Phi) is 3.64. The van der Waals surface area contributed by atoms with E-state index >= 15 is 0 Å². The van der Waals surface area contributed by atoms with Crippen molar-refractivity contribution in [1.29, 1.82) is 0 Å². The number of hydrogen-bond donors (Lipinski definition) is 2. The van der Waals surface area contributed by atoms with Crippen LogP contribution in [-0.2, 0) is 7.05 Å². The number of hydrogen-bond acceptors (Lipinski definition) is 6. The Hall–Kier alpha value is -3.26. The van der Waals surface area contributed by atoms with Crippen molar-refractivity contribution in [3.8, 4) is 22.9 Å². The topological polar surface area (TPSA) is 89.9 Å². The third-order valence-electron chi connectivity index (χ3n) is 4.37. The van der Waals surface area contributed by atoms with Crippen molar-refractivity contribution in [3.05, 3.63) is 41.6 Å². The van der Waals surface area contributed by atoms with Gasteiger partial charge in [0, 0.05) is 18.0 Å². The number of nitrogens with one attached hydrogen (secondary N) is 2. The first-order valence-electron chi connectivity index (χ1n) is 8.39. The molecule has 2 aromatic carbocycles. The summed E-state index contributed by atoms with van der Waals surface area (Å²) in [4.78, 5) is 4.60. The molecule has 0 bridgehead atoms. The molecule has 4 aromatic rings. The van der Waals surface area contributed by atoms with Crippen molar-refractivity contribution < 1.29 is 9.47 Å². The highest BCUT2D eigenvalue weighted by Gasteiger charge is 2.16. The molecule has 8 nitrogen and oxygen atoms in total. The molecule has 1 aliphatic heterocycles. The molecular weight excluding hydrogens is 368 g/mol. The number of rotatable bonds is 3. The van der Waals surface area contributed by atoms with Gasteiger partial charge in [0.05, 0.1) is 22.4 Å². The minimum Gasteiger partial charge on any atom is -0.486 e. The van der Waals surface area contributed by atoms with Gasteiger partial charge in [0.2, 0.25) is 5.95 Å². The number of benzene rings is 2. The average molecular weight is 383 g/mol. The number of ether oxygens (including phenoxy) is 2. The number of aromatic nitrogens is 5. The summed E-state index contributed by atoms with van der Waals surface area (Å²) < 4.78 is 12.9. The highest BCUT2D eigenvalue weighted by Crippen LogP contribution is 2.35. The molecule has 1 aliphatic rings. The molecule has 0 amide bonds. The zero-order chi connectivity index (χ0) is 18.4. The molecule has 27 heavy (non-hydrogen) atoms. The van der Waals surface area contributed by atoms with Crippen LogP contribution in [0.15, 0.2) is 36.5 Å². The number of fused-ring (bicyclic) bond motifs is 2. The monoisotopic (exact) mass is 382 g/mol. The average Bonchev–Trinajstić information content (AvgIpc) is 3.31. The molecule has 3 heterocycles. The van der Waals surface area contributed by atoms with Gasteiger partial charge in [-0.3, -0.25) is 5.10 Å². The van der Waals surface area contributed by atoms with Crippen LogP contribution in [0.4, 0.5) is 11.6 Å². The molecule has 136 valence electrons. The highest BCUT2D eigenvalue weighted by molar-refractivity contribution is 6.38. The van der Waals surface area contributed by atoms with E-state index in [-0.39, 0.29) is 0 Å². The van der Waals surface area contributed by atoms with E-state index in [1.165, 1.54) is 0 Å². The van der Waals surface area contributed by atoms with Gasteiger partial charge in [-0.1, -0.05) is 11.6 Å². The quantitative estimate of drug-likeness (QED) is 0.563. The Morgan fingerprint density at radius 2 is 2.00 bits per heavy atom. The standard InChI is InChI=1S/C18H15ClN6O2/c1-25-18(21-13-4-3-12-11(16(13)19)9-20-23-12)22-17(24-25)10-2-5-14-15(8-10)27-7-6-26-14/h2-5,8-9H,6-7H2,1H3,(H,20,23)(H,21,22,24). The molecule has 0 unspecified atom stereocenters. The van der Waals surface area contributed by atoms with E-state index < -0.39 is 0 Å². The van der Waals surface area contributed by atoms with E-state index in [1.54, 1.807) is 10.9 Å². The van der Waals surface area contributed by atoms with Crippen LogP contribution in [0.5, 0.6) is 11.5 Å². The first-order valence-corrected chi connectivity index (χ1v) is 8.76. The summed E-state index contributed by atoms with van der Waals surface area (Å²) in [5.41, 5.74) is 2.45. The van der Waals surface area contributed by atoms with Gasteiger partial charge in [-0.15, -0.1) is 5.10 Å². The molecule has 0 spiro atoms. The van der Waals surface area contributed by atoms with Crippen LogP contribution < -0.4 is 14.8 Å². The van der Waals surface area contributed by atoms with E-state index in [4.69, 9.17) is 21.1 Å². The smallest absolute Gasteiger partial charge is 0.225 e. The molecule has 0 radical (unpaired) electrons. The molecule has 0 atom stereocenters. The van der Waals surface area contributed by atoms with Crippen LogP contribution in [-0.4, -0.2) is 38.2 Å². The largest absolute Gasteiger partial charge is 0.486 e. The van der Waals surface area contributed by atoms with E-state index in [1.807, 2.05) is 37.4 Å². The molecule has 2 N–H and O–H groups in total. The molecule has 0 saturated heterocycles. The fraction of sp³-hybridized carbons (Fsp3) is 0.167. The van der Waals surface area contributed by atoms with Gasteiger partial charge in [0.25, 0.3) is 0 Å². The van der Waals surface area contributed by atoms with Crippen molar-refractivity contribution in [2.24, 2.45) is 7.05 Å². The van der Waals surface area contributed by atoms with Crippen molar-refractivity contribution in [3.63, 3.8) is 0 Å². The SMILES string of the molecule is Cn1nc(-c2ccc3c(c2)OCCO3)nc1Nc1ccc2[nH]ncc2c1Cl. The van der Waals surface area contributed by atoms with Crippen LogP contribution in [0.25, 0.3) is 22.3 Å². The third-order valence-corrected chi connectivity index (χ3v) is 4.78. The van der Waals surface area contributed by atoms with E-state index in [9.17, 15) is 0 Å². The highest BCUT2D eigenvalue weighted by atomic mass is 35.5. The van der Waals surface area contributed by atoms with Gasteiger partial charge in [0.1, 0.15) is 13.2 Å². The number of nitrogens with zero attached hydrogens (tertiary/aromatic N) is 4. The van der Waals surface area contributed by atoms with Crippen LogP contribution in [0.1, 0.15) is 0 Å². The molecule has 0 fully saturated rings. The van der Waals surface area contributed by atoms with Gasteiger partial charge >= 0.3 is 0 Å². The van der Waals surface area contributed by atoms with Gasteiger partial charge in [-0.25, -0.2) is 4.68 Å². The second kappa shape index (κ2) is 6.17. The number of aromatic amines is 1. The van der Waals surface area contributed by atoms with Gasteiger partial charge < -0.3 is 14.8 Å². The lowest BCUT2D eigenvalue weighted by Crippen LogP contribution is -2.15. The van der Waals surface area contributed by atoms with Crippen molar-refractivity contribution in [1.82, 2.24) is 25.0 Å². The first-order chi connectivity index (χ1) is 13.2. The Morgan fingerprint density at radius 1 is 1.15 bits per heavy atom. The second-order valence-electron chi connectivity index (χ2n) is 6.12. The zero-order valence-electron chi connectivity index (χ0n) is 14.4. The van der Waals surface area contributed by atoms with E-state index in [0.717, 1.165) is 27.9 Å². The first kappa shape index (κ1) is 16.0. The predicted octanol–water partition coefficient (Wildman–Crippen LogP) is 3.53. The normalized spacial score (nSPS) is 13.1. The maximum Gasteiger partial charge on any atom is 0.225 e. The maximum atomic E-state index is 6.48. The summed E-state index contributed by atoms with van der Waals surface area (Å²) in [6, 6.07) is 9.46. The predicted molar refractivity (Wildman–Crippen MR) is 102 cm³/mol. The minimum atomic E-state index is 0.536. The Balaban J connectivity index is 1.48. The number of aryl methyl sites for hydroxylation is 1. The summed E-state index contributed by atoms with van der Waals surface area (Å²) in [5, 5.41) is 16.1. The Bertz CT molecular complexity index is 1150. The zero-order valence-corrected chi connectivity index (χ0v) is 15.1. The van der Waals surface area contributed by atoms with Crippen molar-refractivity contribution >= 4 is 34.1 Å². The Labute approximate surface area is 159 Å². The van der Waals surface area contributed by atoms with E-state index in [2.05, 4.69) is 25.6 Å². The third kappa shape index (κ3) is 2.74. The lowest BCUT2D eigenvalue weighted by molar-refractivity contribution is 0.171. The van der Waals surface area contributed by atoms with Crippen molar-refractivity contribution in [2.75, 3.05) is 18.5 Å². The lowest BCUT2D eigenvalue weighted by atomic mass is 10.2. The molecular formula is C18H15ClN6O2. The van der Waals surface area contributed by atoms with Gasteiger partial charge in [-0.2, -0.15) is 10.1 Å². The van der Waals surface area contributed by atoms with Crippen LogP contribution in [0, 0.1) is 0 Å². The fourth-order valence-corrected chi connectivity index (χ4v) is 3.26. The van der Waals surface area contributed by atoms with E-state index in [0.29, 0.717) is 35.8 Å². The number of anilines is 2. The summed E-state index contributed by atoms with van der Waals surface area (Å²) in [6.45, 7) is 1.10. The summed E-state index contributed by atoms with van der Waals surface area (Å²) in [6.07, 6.45) is 1.69. The van der Waals surface area contributed by atoms with Gasteiger partial charge in [-0.05, 0) is 30.3 Å². The summed E-state index contributed by atoms with van der Waals surface area (Å²) in [5.74, 6) is 2.59. The molecule has 2 aromatic heterocycles.